The number of aromatic nitrogens is 1. The Morgan fingerprint density at radius 1 is 1.21 bits per heavy atom. The molecule has 2 aromatic rings. The van der Waals surface area contributed by atoms with Gasteiger partial charge in [0.2, 0.25) is 0 Å². The average Bonchev–Trinajstić information content (AvgIpc) is 2.60. The van der Waals surface area contributed by atoms with E-state index in [0.717, 1.165) is 17.0 Å². The first-order chi connectivity index (χ1) is 11.6. The van der Waals surface area contributed by atoms with Gasteiger partial charge in [-0.15, -0.1) is 0 Å². The van der Waals surface area contributed by atoms with Crippen molar-refractivity contribution in [2.45, 2.75) is 32.0 Å². The molecule has 1 atom stereocenters. The van der Waals surface area contributed by atoms with Crippen LogP contribution in [0.3, 0.4) is 0 Å². The van der Waals surface area contributed by atoms with Gasteiger partial charge in [0.05, 0.1) is 12.3 Å². The van der Waals surface area contributed by atoms with Crippen molar-refractivity contribution in [3.8, 4) is 5.75 Å². The molecule has 0 saturated heterocycles. The van der Waals surface area contributed by atoms with Gasteiger partial charge in [0, 0.05) is 32.0 Å². The molecule has 0 bridgehead atoms. The van der Waals surface area contributed by atoms with Crippen LogP contribution in [-0.2, 0) is 17.9 Å². The first-order valence-corrected chi connectivity index (χ1v) is 8.12. The zero-order valence-corrected chi connectivity index (χ0v) is 14.4. The number of nitrogens with zero attached hydrogens (tertiary/aromatic N) is 1. The lowest BCUT2D eigenvalue weighted by Crippen LogP contribution is -2.46. The second-order valence-corrected chi connectivity index (χ2v) is 6.08. The monoisotopic (exact) mass is 330 g/mol. The summed E-state index contributed by atoms with van der Waals surface area (Å²) in [5.41, 5.74) is 1.76. The Hall–Kier alpha value is -1.95. The minimum Gasteiger partial charge on any atom is -0.487 e. The zero-order chi connectivity index (χ0) is 17.3. The van der Waals surface area contributed by atoms with Gasteiger partial charge in [0.25, 0.3) is 0 Å². The predicted molar refractivity (Wildman–Crippen MR) is 93.8 cm³/mol. The van der Waals surface area contributed by atoms with Crippen LogP contribution in [0.25, 0.3) is 0 Å². The van der Waals surface area contributed by atoms with Crippen molar-refractivity contribution in [3.63, 3.8) is 0 Å². The second kappa shape index (κ2) is 9.37. The van der Waals surface area contributed by atoms with Gasteiger partial charge in [0.1, 0.15) is 12.4 Å². The van der Waals surface area contributed by atoms with E-state index in [1.807, 2.05) is 49.4 Å². The Bertz CT molecular complexity index is 599. The molecule has 1 heterocycles. The molecule has 0 aliphatic rings. The molecule has 1 aromatic carbocycles. The molecular weight excluding hydrogens is 304 g/mol. The Labute approximate surface area is 143 Å². The Balaban J connectivity index is 1.92. The van der Waals surface area contributed by atoms with Crippen LogP contribution in [-0.4, -0.2) is 36.0 Å². The van der Waals surface area contributed by atoms with Gasteiger partial charge in [0.15, 0.2) is 0 Å². The maximum Gasteiger partial charge on any atom is 0.130 e. The summed E-state index contributed by atoms with van der Waals surface area (Å²) in [5, 5.41) is 12.7. The third-order valence-electron chi connectivity index (χ3n) is 3.86. The molecule has 5 heteroatoms. The molecule has 1 aromatic heterocycles. The standard InChI is InChI=1S/C19H26N2O3/c1-19(9-11-22,15-23-2)21-13-16-6-5-8-18(12-16)24-14-17-7-3-4-10-20-17/h3-8,10,12,21-22H,9,11,13-15H2,1-2H3/t19-/m1/s1. The number of aliphatic hydroxyl groups is 1. The summed E-state index contributed by atoms with van der Waals surface area (Å²) in [5.74, 6) is 0.815. The highest BCUT2D eigenvalue weighted by Crippen LogP contribution is 2.17. The van der Waals surface area contributed by atoms with Gasteiger partial charge >= 0.3 is 0 Å². The van der Waals surface area contributed by atoms with Crippen LogP contribution in [0, 0.1) is 0 Å². The van der Waals surface area contributed by atoms with Crippen molar-refractivity contribution >= 4 is 0 Å². The quantitative estimate of drug-likeness (QED) is 0.701. The van der Waals surface area contributed by atoms with Crippen molar-refractivity contribution in [1.82, 2.24) is 10.3 Å². The van der Waals surface area contributed by atoms with E-state index in [9.17, 15) is 5.11 Å². The number of hydrogen-bond acceptors (Lipinski definition) is 5. The van der Waals surface area contributed by atoms with E-state index < -0.39 is 0 Å². The summed E-state index contributed by atoms with van der Waals surface area (Å²) < 4.78 is 11.1. The maximum atomic E-state index is 9.23. The Morgan fingerprint density at radius 2 is 2.08 bits per heavy atom. The lowest BCUT2D eigenvalue weighted by molar-refractivity contribution is 0.0969. The van der Waals surface area contributed by atoms with E-state index >= 15 is 0 Å². The molecule has 2 rings (SSSR count). The third-order valence-corrected chi connectivity index (χ3v) is 3.86. The van der Waals surface area contributed by atoms with Crippen molar-refractivity contribution < 1.29 is 14.6 Å². The number of rotatable bonds is 10. The molecule has 130 valence electrons. The van der Waals surface area contributed by atoms with E-state index in [2.05, 4.69) is 10.3 Å². The number of pyridine rings is 1. The number of hydrogen-bond donors (Lipinski definition) is 2. The molecule has 0 aliphatic carbocycles. The number of benzene rings is 1. The highest BCUT2D eigenvalue weighted by molar-refractivity contribution is 5.28. The SMILES string of the molecule is COC[C@@](C)(CCO)NCc1cccc(OCc2ccccn2)c1. The van der Waals surface area contributed by atoms with E-state index in [1.54, 1.807) is 13.3 Å². The van der Waals surface area contributed by atoms with E-state index in [0.29, 0.717) is 26.2 Å². The molecule has 0 amide bonds. The van der Waals surface area contributed by atoms with Crippen LogP contribution in [0.4, 0.5) is 0 Å². The normalized spacial score (nSPS) is 13.5. The van der Waals surface area contributed by atoms with Gasteiger partial charge in [-0.25, -0.2) is 0 Å². The largest absolute Gasteiger partial charge is 0.487 e. The minimum atomic E-state index is -0.256. The van der Waals surface area contributed by atoms with Crippen LogP contribution in [0.1, 0.15) is 24.6 Å². The highest BCUT2D eigenvalue weighted by atomic mass is 16.5. The first-order valence-electron chi connectivity index (χ1n) is 8.12. The smallest absolute Gasteiger partial charge is 0.130 e. The summed E-state index contributed by atoms with van der Waals surface area (Å²) >= 11 is 0. The van der Waals surface area contributed by atoms with Crippen LogP contribution in [0.2, 0.25) is 0 Å². The molecule has 0 saturated carbocycles. The Kier molecular flexibility index (Phi) is 7.18. The highest BCUT2D eigenvalue weighted by Gasteiger charge is 2.22. The van der Waals surface area contributed by atoms with Gasteiger partial charge < -0.3 is 19.9 Å². The Morgan fingerprint density at radius 3 is 2.79 bits per heavy atom. The van der Waals surface area contributed by atoms with Crippen molar-refractivity contribution in [3.05, 3.63) is 59.9 Å². The number of nitrogens with one attached hydrogen (secondary N) is 1. The first kappa shape index (κ1) is 18.4. The van der Waals surface area contributed by atoms with Gasteiger partial charge in [-0.3, -0.25) is 4.98 Å². The van der Waals surface area contributed by atoms with E-state index in [-0.39, 0.29) is 12.1 Å². The number of aliphatic hydroxyl groups excluding tert-OH is 1. The molecule has 0 radical (unpaired) electrons. The summed E-state index contributed by atoms with van der Waals surface area (Å²) in [6.07, 6.45) is 2.40. The summed E-state index contributed by atoms with van der Waals surface area (Å²) in [6.45, 7) is 3.85. The molecule has 2 N–H and O–H groups in total. The molecule has 0 unspecified atom stereocenters. The average molecular weight is 330 g/mol. The second-order valence-electron chi connectivity index (χ2n) is 6.08. The topological polar surface area (TPSA) is 63.6 Å². The zero-order valence-electron chi connectivity index (χ0n) is 14.4. The minimum absolute atomic E-state index is 0.125. The fourth-order valence-electron chi connectivity index (χ4n) is 2.48. The molecule has 0 aliphatic heterocycles. The fraction of sp³-hybridized carbons (Fsp3) is 0.421. The molecule has 24 heavy (non-hydrogen) atoms. The fourth-order valence-corrected chi connectivity index (χ4v) is 2.48. The molecular formula is C19H26N2O3. The van der Waals surface area contributed by atoms with E-state index in [1.165, 1.54) is 0 Å². The van der Waals surface area contributed by atoms with Crippen molar-refractivity contribution in [1.29, 1.82) is 0 Å². The van der Waals surface area contributed by atoms with Crippen LogP contribution in [0.15, 0.2) is 48.7 Å². The maximum absolute atomic E-state index is 9.23. The van der Waals surface area contributed by atoms with Crippen molar-refractivity contribution in [2.24, 2.45) is 0 Å². The van der Waals surface area contributed by atoms with Crippen LogP contribution in [0.5, 0.6) is 5.75 Å². The number of ether oxygens (including phenoxy) is 2. The predicted octanol–water partition coefficient (Wildman–Crippen LogP) is 2.54. The molecule has 0 spiro atoms. The van der Waals surface area contributed by atoms with Crippen LogP contribution < -0.4 is 10.1 Å². The van der Waals surface area contributed by atoms with Crippen molar-refractivity contribution in [2.75, 3.05) is 20.3 Å². The van der Waals surface area contributed by atoms with Gasteiger partial charge in [-0.05, 0) is 43.2 Å². The third kappa shape index (κ3) is 5.92. The summed E-state index contributed by atoms with van der Waals surface area (Å²) in [6, 6.07) is 13.8. The van der Waals surface area contributed by atoms with Gasteiger partial charge in [-0.1, -0.05) is 18.2 Å². The molecule has 0 fully saturated rings. The number of methoxy groups -OCH3 is 1. The lowest BCUT2D eigenvalue weighted by Gasteiger charge is -2.29. The summed E-state index contributed by atoms with van der Waals surface area (Å²) in [4.78, 5) is 4.25. The summed E-state index contributed by atoms with van der Waals surface area (Å²) in [7, 11) is 1.67. The molecule has 5 nitrogen and oxygen atoms in total. The van der Waals surface area contributed by atoms with Crippen LogP contribution >= 0.6 is 0 Å². The van der Waals surface area contributed by atoms with Gasteiger partial charge in [-0.2, -0.15) is 0 Å². The lowest BCUT2D eigenvalue weighted by atomic mass is 9.99. The van der Waals surface area contributed by atoms with E-state index in [4.69, 9.17) is 9.47 Å².